The molecule has 0 amide bonds. The molecule has 2 rings (SSSR count). The van der Waals surface area contributed by atoms with Crippen LogP contribution in [0.4, 0.5) is 8.78 Å². The van der Waals surface area contributed by atoms with E-state index in [4.69, 9.17) is 0 Å². The van der Waals surface area contributed by atoms with Gasteiger partial charge < -0.3 is 5.32 Å². The molecule has 1 N–H and O–H groups in total. The second kappa shape index (κ2) is 5.15. The van der Waals surface area contributed by atoms with Gasteiger partial charge in [-0.25, -0.2) is 8.78 Å². The molecule has 1 aliphatic heterocycles. The van der Waals surface area contributed by atoms with Gasteiger partial charge in [0.25, 0.3) is 0 Å². The van der Waals surface area contributed by atoms with E-state index in [-0.39, 0.29) is 17.3 Å². The van der Waals surface area contributed by atoms with Gasteiger partial charge in [0.15, 0.2) is 0 Å². The highest BCUT2D eigenvalue weighted by Gasteiger charge is 2.23. The predicted octanol–water partition coefficient (Wildman–Crippen LogP) is 3.15. The summed E-state index contributed by atoms with van der Waals surface area (Å²) in [7, 11) is 0. The van der Waals surface area contributed by atoms with Gasteiger partial charge in [0.05, 0.1) is 0 Å². The van der Waals surface area contributed by atoms with Crippen LogP contribution in [0.5, 0.6) is 0 Å². The maximum Gasteiger partial charge on any atom is 0.143 e. The Hall–Kier alpha value is -0.610. The molecule has 0 aromatic heterocycles. The number of hydrogen-bond acceptors (Lipinski definition) is 2. The van der Waals surface area contributed by atoms with Gasteiger partial charge in [0, 0.05) is 22.9 Å². The van der Waals surface area contributed by atoms with Crippen LogP contribution in [0, 0.1) is 11.6 Å². The third-order valence-electron chi connectivity index (χ3n) is 3.02. The van der Waals surface area contributed by atoms with Crippen molar-refractivity contribution in [3.8, 4) is 0 Å². The minimum absolute atomic E-state index is 0.0270. The summed E-state index contributed by atoms with van der Waals surface area (Å²) in [5.74, 6) is -0.814. The van der Waals surface area contributed by atoms with E-state index in [0.717, 1.165) is 19.4 Å². The van der Waals surface area contributed by atoms with Gasteiger partial charge in [-0.05, 0) is 37.8 Å². The number of piperidine rings is 1. The van der Waals surface area contributed by atoms with E-state index in [2.05, 4.69) is 5.32 Å². The summed E-state index contributed by atoms with van der Waals surface area (Å²) in [5.41, 5.74) is 0.263. The van der Waals surface area contributed by atoms with Crippen molar-refractivity contribution in [3.63, 3.8) is 0 Å². The molecule has 4 heteroatoms. The number of thioether (sulfide) groups is 1. The Morgan fingerprint density at radius 2 is 2.19 bits per heavy atom. The van der Waals surface area contributed by atoms with Crippen molar-refractivity contribution < 1.29 is 8.78 Å². The van der Waals surface area contributed by atoms with Crippen molar-refractivity contribution in [2.24, 2.45) is 0 Å². The van der Waals surface area contributed by atoms with Crippen LogP contribution in [0.3, 0.4) is 0 Å². The van der Waals surface area contributed by atoms with Crippen LogP contribution in [0.1, 0.15) is 24.3 Å². The van der Waals surface area contributed by atoms with E-state index >= 15 is 0 Å². The van der Waals surface area contributed by atoms with Crippen LogP contribution in [-0.2, 0) is 0 Å². The van der Waals surface area contributed by atoms with Gasteiger partial charge in [-0.1, -0.05) is 0 Å². The smallest absolute Gasteiger partial charge is 0.143 e. The minimum atomic E-state index is -0.413. The molecule has 0 aliphatic carbocycles. The van der Waals surface area contributed by atoms with E-state index in [1.54, 1.807) is 6.26 Å². The molecule has 1 nitrogen and oxygen atoms in total. The average molecular weight is 243 g/mol. The Balaban J connectivity index is 2.37. The van der Waals surface area contributed by atoms with Crippen molar-refractivity contribution >= 4 is 11.8 Å². The Morgan fingerprint density at radius 3 is 2.81 bits per heavy atom. The van der Waals surface area contributed by atoms with E-state index in [1.807, 2.05) is 0 Å². The van der Waals surface area contributed by atoms with Crippen molar-refractivity contribution in [2.45, 2.75) is 23.7 Å². The highest BCUT2D eigenvalue weighted by atomic mass is 32.2. The Bertz CT molecular complexity index is 376. The lowest BCUT2D eigenvalue weighted by Crippen LogP contribution is -2.29. The first-order chi connectivity index (χ1) is 7.74. The highest BCUT2D eigenvalue weighted by Crippen LogP contribution is 2.32. The quantitative estimate of drug-likeness (QED) is 0.801. The summed E-state index contributed by atoms with van der Waals surface area (Å²) in [6.07, 6.45) is 3.64. The maximum atomic E-state index is 14.0. The molecule has 1 saturated heterocycles. The lowest BCUT2D eigenvalue weighted by Gasteiger charge is -2.24. The maximum absolute atomic E-state index is 14.0. The monoisotopic (exact) mass is 243 g/mol. The molecule has 0 radical (unpaired) electrons. The third kappa shape index (κ3) is 2.23. The predicted molar refractivity (Wildman–Crippen MR) is 63.0 cm³/mol. The standard InChI is InChI=1S/C12H15F2NS/c1-16-10-5-4-9(13)11(12(10)14)8-3-2-6-15-7-8/h4-5,8,15H,2-3,6-7H2,1H3. The molecular weight excluding hydrogens is 228 g/mol. The normalized spacial score (nSPS) is 21.1. The Labute approximate surface area is 98.6 Å². The van der Waals surface area contributed by atoms with Gasteiger partial charge in [-0.2, -0.15) is 0 Å². The Kier molecular flexibility index (Phi) is 3.82. The van der Waals surface area contributed by atoms with E-state index in [1.165, 1.54) is 23.9 Å². The fourth-order valence-electron chi connectivity index (χ4n) is 2.18. The zero-order valence-corrected chi connectivity index (χ0v) is 10.0. The molecular formula is C12H15F2NS. The number of benzene rings is 1. The first-order valence-electron chi connectivity index (χ1n) is 5.46. The van der Waals surface area contributed by atoms with Gasteiger partial charge >= 0.3 is 0 Å². The summed E-state index contributed by atoms with van der Waals surface area (Å²) in [5, 5.41) is 3.19. The summed E-state index contributed by atoms with van der Waals surface area (Å²) in [4.78, 5) is 0.530. The molecule has 1 fully saturated rings. The summed E-state index contributed by atoms with van der Waals surface area (Å²) < 4.78 is 27.7. The van der Waals surface area contributed by atoms with Crippen molar-refractivity contribution in [2.75, 3.05) is 19.3 Å². The van der Waals surface area contributed by atoms with Gasteiger partial charge in [-0.3, -0.25) is 0 Å². The lowest BCUT2D eigenvalue weighted by molar-refractivity contribution is 0.424. The molecule has 1 aliphatic rings. The first kappa shape index (κ1) is 11.9. The molecule has 16 heavy (non-hydrogen) atoms. The second-order valence-electron chi connectivity index (χ2n) is 4.02. The zero-order chi connectivity index (χ0) is 11.5. The SMILES string of the molecule is CSc1ccc(F)c(C2CCCNC2)c1F. The van der Waals surface area contributed by atoms with Crippen molar-refractivity contribution in [1.82, 2.24) is 5.32 Å². The first-order valence-corrected chi connectivity index (χ1v) is 6.69. The molecule has 0 spiro atoms. The molecule has 0 bridgehead atoms. The van der Waals surface area contributed by atoms with Crippen molar-refractivity contribution in [1.29, 1.82) is 0 Å². The molecule has 0 saturated carbocycles. The summed E-state index contributed by atoms with van der Waals surface area (Å²) in [6.45, 7) is 1.62. The molecule has 1 unspecified atom stereocenters. The lowest BCUT2D eigenvalue weighted by atomic mass is 9.91. The largest absolute Gasteiger partial charge is 0.316 e. The van der Waals surface area contributed by atoms with Gasteiger partial charge in [0.1, 0.15) is 11.6 Å². The third-order valence-corrected chi connectivity index (χ3v) is 3.77. The molecule has 1 atom stereocenters. The van der Waals surface area contributed by atoms with Crippen LogP contribution in [0.25, 0.3) is 0 Å². The van der Waals surface area contributed by atoms with Gasteiger partial charge in [-0.15, -0.1) is 11.8 Å². The molecule has 1 heterocycles. The van der Waals surface area contributed by atoms with Crippen LogP contribution < -0.4 is 5.32 Å². The molecule has 1 aromatic carbocycles. The van der Waals surface area contributed by atoms with E-state index < -0.39 is 5.82 Å². The van der Waals surface area contributed by atoms with Crippen LogP contribution >= 0.6 is 11.8 Å². The van der Waals surface area contributed by atoms with E-state index in [9.17, 15) is 8.78 Å². The van der Waals surface area contributed by atoms with Crippen LogP contribution in [-0.4, -0.2) is 19.3 Å². The van der Waals surface area contributed by atoms with Crippen LogP contribution in [0.15, 0.2) is 17.0 Å². The highest BCUT2D eigenvalue weighted by molar-refractivity contribution is 7.98. The topological polar surface area (TPSA) is 12.0 Å². The van der Waals surface area contributed by atoms with Crippen LogP contribution in [0.2, 0.25) is 0 Å². The number of halogens is 2. The fourth-order valence-corrected chi connectivity index (χ4v) is 2.67. The summed E-state index contributed by atoms with van der Waals surface area (Å²) >= 11 is 1.32. The minimum Gasteiger partial charge on any atom is -0.316 e. The molecule has 88 valence electrons. The van der Waals surface area contributed by atoms with E-state index in [0.29, 0.717) is 11.4 Å². The summed E-state index contributed by atoms with van der Waals surface area (Å²) in [6, 6.07) is 2.88. The number of nitrogens with one attached hydrogen (secondary N) is 1. The fraction of sp³-hybridized carbons (Fsp3) is 0.500. The van der Waals surface area contributed by atoms with Gasteiger partial charge in [0.2, 0.25) is 0 Å². The number of hydrogen-bond donors (Lipinski definition) is 1. The van der Waals surface area contributed by atoms with Crippen molar-refractivity contribution in [3.05, 3.63) is 29.3 Å². The zero-order valence-electron chi connectivity index (χ0n) is 9.22. The Morgan fingerprint density at radius 1 is 1.38 bits per heavy atom. The average Bonchev–Trinajstić information content (AvgIpc) is 2.31. The molecule has 1 aromatic rings. The second-order valence-corrected chi connectivity index (χ2v) is 4.87. The number of rotatable bonds is 2.